The maximum Gasteiger partial charge on any atom is 0.469 e. The van der Waals surface area contributed by atoms with Gasteiger partial charge in [0, 0.05) is 6.42 Å². The predicted molar refractivity (Wildman–Crippen MR) is 117 cm³/mol. The highest BCUT2D eigenvalue weighted by Crippen LogP contribution is 2.35. The molecular formula is C21H39O9P. The van der Waals surface area contributed by atoms with Crippen LogP contribution in [0.4, 0.5) is 0 Å². The summed E-state index contributed by atoms with van der Waals surface area (Å²) < 4.78 is 19.8. The number of phosphoric ester groups is 1. The van der Waals surface area contributed by atoms with Crippen molar-refractivity contribution in [2.75, 3.05) is 13.2 Å². The van der Waals surface area contributed by atoms with Crippen LogP contribution >= 0.6 is 7.82 Å². The van der Waals surface area contributed by atoms with Gasteiger partial charge in [0.1, 0.15) is 12.2 Å². The van der Waals surface area contributed by atoms with Crippen molar-refractivity contribution in [3.8, 4) is 0 Å². The number of carbonyl (C=O) groups excluding carboxylic acids is 1. The van der Waals surface area contributed by atoms with Crippen LogP contribution in [0.5, 0.6) is 0 Å². The number of phosphoric acid groups is 1. The molecular weight excluding hydrogens is 427 g/mol. The van der Waals surface area contributed by atoms with E-state index in [0.29, 0.717) is 6.42 Å². The Hall–Kier alpha value is -1.06. The number of esters is 1. The van der Waals surface area contributed by atoms with Gasteiger partial charge < -0.3 is 19.6 Å². The van der Waals surface area contributed by atoms with E-state index in [4.69, 9.17) is 24.9 Å². The predicted octanol–water partition coefficient (Wildman–Crippen LogP) is 4.28. The molecule has 0 aliphatic rings. The first-order valence-electron chi connectivity index (χ1n) is 11.0. The van der Waals surface area contributed by atoms with E-state index in [1.807, 2.05) is 18.2 Å². The quantitative estimate of drug-likeness (QED) is 0.0516. The molecule has 0 aliphatic carbocycles. The first-order valence-corrected chi connectivity index (χ1v) is 12.5. The largest absolute Gasteiger partial charge is 0.469 e. The summed E-state index contributed by atoms with van der Waals surface area (Å²) in [5, 5.41) is 17.9. The second-order valence-electron chi connectivity index (χ2n) is 7.34. The molecule has 0 saturated carbocycles. The average Bonchev–Trinajstić information content (AvgIpc) is 2.73. The molecule has 0 amide bonds. The van der Waals surface area contributed by atoms with Crippen LogP contribution in [-0.4, -0.2) is 51.5 Å². The van der Waals surface area contributed by atoms with E-state index in [1.54, 1.807) is 0 Å². The topological polar surface area (TPSA) is 143 Å². The van der Waals surface area contributed by atoms with Crippen LogP contribution in [0.25, 0.3) is 0 Å². The lowest BCUT2D eigenvalue weighted by Crippen LogP contribution is -2.26. The third kappa shape index (κ3) is 20.6. The molecule has 0 aromatic carbocycles. The molecule has 0 rings (SSSR count). The smallest absolute Gasteiger partial charge is 0.457 e. The molecule has 0 fully saturated rings. The molecule has 4 N–H and O–H groups in total. The highest BCUT2D eigenvalue weighted by Gasteiger charge is 2.20. The highest BCUT2D eigenvalue weighted by molar-refractivity contribution is 7.46. The van der Waals surface area contributed by atoms with Crippen molar-refractivity contribution < 1.29 is 43.7 Å². The van der Waals surface area contributed by atoms with Gasteiger partial charge in [-0.05, 0) is 25.7 Å². The summed E-state index contributed by atoms with van der Waals surface area (Å²) in [5.74, 6) is -0.525. The lowest BCUT2D eigenvalue weighted by atomic mass is 10.1. The molecule has 0 aromatic heterocycles. The van der Waals surface area contributed by atoms with Gasteiger partial charge in [-0.1, -0.05) is 69.8 Å². The summed E-state index contributed by atoms with van der Waals surface area (Å²) in [4.78, 5) is 33.4. The lowest BCUT2D eigenvalue weighted by Gasteiger charge is -2.15. The molecule has 9 nitrogen and oxygen atoms in total. The normalized spacial score (nSPS) is 14.4. The van der Waals surface area contributed by atoms with E-state index in [1.165, 1.54) is 0 Å². The van der Waals surface area contributed by atoms with Gasteiger partial charge in [-0.3, -0.25) is 14.6 Å². The van der Waals surface area contributed by atoms with Crippen LogP contribution < -0.4 is 0 Å². The number of unbranched alkanes of at least 4 members (excludes halogenated alkanes) is 7. The van der Waals surface area contributed by atoms with Gasteiger partial charge in [0.05, 0.1) is 13.2 Å². The molecule has 2 atom stereocenters. The maximum absolute atomic E-state index is 11.7. The van der Waals surface area contributed by atoms with Crippen LogP contribution in [0, 0.1) is 0 Å². The van der Waals surface area contributed by atoms with Crippen molar-refractivity contribution in [3.05, 3.63) is 24.3 Å². The highest BCUT2D eigenvalue weighted by atomic mass is 31.2. The molecule has 0 heterocycles. The number of allylic oxidation sites excluding steroid dienone is 3. The van der Waals surface area contributed by atoms with Gasteiger partial charge >= 0.3 is 13.8 Å². The summed E-state index contributed by atoms with van der Waals surface area (Å²) in [6.45, 7) is 1.01. The van der Waals surface area contributed by atoms with Crippen LogP contribution in [0.15, 0.2) is 24.3 Å². The van der Waals surface area contributed by atoms with Crippen molar-refractivity contribution in [1.82, 2.24) is 0 Å². The summed E-state index contributed by atoms with van der Waals surface area (Å²) in [5.41, 5.74) is 0. The number of ether oxygens (including phenoxy) is 1. The van der Waals surface area contributed by atoms with Gasteiger partial charge in [0.15, 0.2) is 0 Å². The molecule has 0 aliphatic heterocycles. The van der Waals surface area contributed by atoms with Crippen LogP contribution in [0.1, 0.15) is 77.6 Å². The molecule has 0 aromatic rings. The van der Waals surface area contributed by atoms with E-state index in [9.17, 15) is 9.36 Å². The number of hydrogen-bond acceptors (Lipinski definition) is 7. The maximum atomic E-state index is 11.7. The zero-order valence-corrected chi connectivity index (χ0v) is 19.3. The fraction of sp³-hybridized carbons (Fsp3) is 0.762. The molecule has 0 spiro atoms. The molecule has 10 heteroatoms. The zero-order chi connectivity index (χ0) is 23.4. The first kappa shape index (κ1) is 29.9. The van der Waals surface area contributed by atoms with Gasteiger partial charge in [0.2, 0.25) is 0 Å². The number of aliphatic hydroxyl groups is 1. The molecule has 0 bridgehead atoms. The second-order valence-corrected chi connectivity index (χ2v) is 8.58. The summed E-state index contributed by atoms with van der Waals surface area (Å²) >= 11 is 0. The Bertz CT molecular complexity index is 545. The Kier molecular flexibility index (Phi) is 18.9. The van der Waals surface area contributed by atoms with Gasteiger partial charge in [0.25, 0.3) is 0 Å². The Morgan fingerprint density at radius 3 is 2.39 bits per heavy atom. The SMILES string of the molecule is CCCCCC(/C=C/C=C\CCCCCCCC(=O)OC(CO)COP(=O)(O)O)OO. The number of carbonyl (C=O) groups is 1. The number of rotatable bonds is 20. The minimum Gasteiger partial charge on any atom is -0.457 e. The Morgan fingerprint density at radius 1 is 1.03 bits per heavy atom. The third-order valence-electron chi connectivity index (χ3n) is 4.48. The van der Waals surface area contributed by atoms with Crippen molar-refractivity contribution in [1.29, 1.82) is 0 Å². The minimum absolute atomic E-state index is 0.184. The third-order valence-corrected chi connectivity index (χ3v) is 4.97. The second kappa shape index (κ2) is 19.6. The monoisotopic (exact) mass is 466 g/mol. The van der Waals surface area contributed by atoms with E-state index in [-0.39, 0.29) is 12.5 Å². The summed E-state index contributed by atoms with van der Waals surface area (Å²) in [6, 6.07) is 0. The van der Waals surface area contributed by atoms with Crippen molar-refractivity contribution >= 4 is 13.8 Å². The van der Waals surface area contributed by atoms with Crippen molar-refractivity contribution in [3.63, 3.8) is 0 Å². The summed E-state index contributed by atoms with van der Waals surface area (Å²) in [6.07, 6.45) is 16.2. The van der Waals surface area contributed by atoms with Crippen molar-refractivity contribution in [2.45, 2.75) is 89.8 Å². The van der Waals surface area contributed by atoms with Gasteiger partial charge in [-0.15, -0.1) is 0 Å². The van der Waals surface area contributed by atoms with E-state index in [2.05, 4.69) is 22.4 Å². The Labute approximate surface area is 185 Å². The average molecular weight is 467 g/mol. The molecule has 0 saturated heterocycles. The molecule has 182 valence electrons. The lowest BCUT2D eigenvalue weighted by molar-refractivity contribution is -0.267. The zero-order valence-electron chi connectivity index (χ0n) is 18.4. The Balaban J connectivity index is 3.73. The number of hydrogen-bond donors (Lipinski definition) is 4. The fourth-order valence-electron chi connectivity index (χ4n) is 2.75. The van der Waals surface area contributed by atoms with E-state index in [0.717, 1.165) is 57.8 Å². The standard InChI is InChI=1S/C21H39O9P/c1-2-3-11-14-19(30-24)15-12-9-7-5-4-6-8-10-13-16-21(23)29-20(17-22)18-28-31(25,26)27/h7,9,12,15,19-20,22,24H,2-6,8,10-11,13-14,16-18H2,1H3,(H2,25,26,27)/b9-7-,15-12+. The first-order chi connectivity index (χ1) is 14.8. The van der Waals surface area contributed by atoms with Gasteiger partial charge in [-0.25, -0.2) is 9.45 Å². The Morgan fingerprint density at radius 2 is 1.74 bits per heavy atom. The van der Waals surface area contributed by atoms with Crippen LogP contribution in [-0.2, 0) is 23.5 Å². The number of aliphatic hydroxyl groups excluding tert-OH is 1. The summed E-state index contributed by atoms with van der Waals surface area (Å²) in [7, 11) is -4.66. The van der Waals surface area contributed by atoms with Crippen LogP contribution in [0.2, 0.25) is 0 Å². The minimum atomic E-state index is -4.66. The van der Waals surface area contributed by atoms with E-state index < -0.39 is 33.1 Å². The van der Waals surface area contributed by atoms with Gasteiger partial charge in [-0.2, -0.15) is 0 Å². The van der Waals surface area contributed by atoms with E-state index >= 15 is 0 Å². The van der Waals surface area contributed by atoms with Crippen molar-refractivity contribution in [2.24, 2.45) is 0 Å². The fourth-order valence-corrected chi connectivity index (χ4v) is 3.11. The molecule has 31 heavy (non-hydrogen) atoms. The molecule has 0 radical (unpaired) electrons. The molecule has 2 unspecified atom stereocenters. The van der Waals surface area contributed by atoms with Crippen LogP contribution in [0.3, 0.4) is 0 Å².